The number of hydrogen-bond donors (Lipinski definition) is 6. The highest BCUT2D eigenvalue weighted by atomic mass is 32.2. The fourth-order valence-electron chi connectivity index (χ4n) is 2.95. The van der Waals surface area contributed by atoms with E-state index in [4.69, 9.17) is 11.5 Å². The molecule has 6 atom stereocenters. The number of hydrogen-bond acceptors (Lipinski definition) is 7. The first kappa shape index (κ1) is 30.7. The lowest BCUT2D eigenvalue weighted by atomic mass is 9.96. The molecule has 0 rings (SSSR count). The summed E-state index contributed by atoms with van der Waals surface area (Å²) in [4.78, 5) is 61.3. The van der Waals surface area contributed by atoms with Gasteiger partial charge in [-0.05, 0) is 30.3 Å². The third-order valence-electron chi connectivity index (χ3n) is 5.58. The minimum atomic E-state index is -1.39. The minimum absolute atomic E-state index is 0.300. The number of carboxylic acids is 1. The first-order chi connectivity index (χ1) is 15.4. The molecular formula is C21H39N5O6S. The molecule has 0 fully saturated rings. The van der Waals surface area contributed by atoms with Crippen molar-refractivity contribution in [3.05, 3.63) is 0 Å². The van der Waals surface area contributed by atoms with Crippen molar-refractivity contribution in [1.29, 1.82) is 0 Å². The zero-order valence-electron chi connectivity index (χ0n) is 20.1. The summed E-state index contributed by atoms with van der Waals surface area (Å²) in [5, 5.41) is 16.9. The topological polar surface area (TPSA) is 194 Å². The normalized spacial score (nSPS) is 16.4. The van der Waals surface area contributed by atoms with Crippen molar-refractivity contribution in [2.24, 2.45) is 23.3 Å². The number of thioether (sulfide) groups is 1. The van der Waals surface area contributed by atoms with Crippen molar-refractivity contribution in [1.82, 2.24) is 16.0 Å². The molecule has 0 aromatic heterocycles. The predicted molar refractivity (Wildman–Crippen MR) is 127 cm³/mol. The number of rotatable bonds is 16. The van der Waals surface area contributed by atoms with E-state index in [0.717, 1.165) is 0 Å². The van der Waals surface area contributed by atoms with Crippen LogP contribution >= 0.6 is 11.8 Å². The van der Waals surface area contributed by atoms with Crippen LogP contribution in [0.3, 0.4) is 0 Å². The molecule has 0 saturated heterocycles. The number of carbonyl (C=O) groups excluding carboxylic acids is 4. The Balaban J connectivity index is 5.57. The molecule has 190 valence electrons. The lowest BCUT2D eigenvalue weighted by Gasteiger charge is -2.28. The highest BCUT2D eigenvalue weighted by Crippen LogP contribution is 2.11. The van der Waals surface area contributed by atoms with Crippen molar-refractivity contribution >= 4 is 41.4 Å². The molecule has 4 amide bonds. The summed E-state index contributed by atoms with van der Waals surface area (Å²) in [6.45, 7) is 7.03. The quantitative estimate of drug-likeness (QED) is 0.168. The average Bonchev–Trinajstić information content (AvgIpc) is 2.76. The van der Waals surface area contributed by atoms with Crippen molar-refractivity contribution in [3.63, 3.8) is 0 Å². The molecule has 0 bridgehead atoms. The molecule has 0 spiro atoms. The van der Waals surface area contributed by atoms with Gasteiger partial charge in [0.1, 0.15) is 18.1 Å². The van der Waals surface area contributed by atoms with E-state index in [1.165, 1.54) is 0 Å². The number of nitrogens with one attached hydrogen (secondary N) is 3. The summed E-state index contributed by atoms with van der Waals surface area (Å²) in [6, 6.07) is -4.40. The molecule has 11 nitrogen and oxygen atoms in total. The van der Waals surface area contributed by atoms with Crippen LogP contribution in [0.25, 0.3) is 0 Å². The second-order valence-electron chi connectivity index (χ2n) is 8.20. The van der Waals surface area contributed by atoms with Crippen molar-refractivity contribution < 1.29 is 29.1 Å². The van der Waals surface area contributed by atoms with Gasteiger partial charge in [0, 0.05) is 0 Å². The molecule has 6 unspecified atom stereocenters. The summed E-state index contributed by atoms with van der Waals surface area (Å²) in [5.41, 5.74) is 11.1. The van der Waals surface area contributed by atoms with Gasteiger partial charge in [-0.2, -0.15) is 11.8 Å². The Labute approximate surface area is 199 Å². The molecule has 0 aliphatic heterocycles. The molecule has 12 heteroatoms. The maximum Gasteiger partial charge on any atom is 0.326 e. The smallest absolute Gasteiger partial charge is 0.326 e. The Bertz CT molecular complexity index is 692. The molecule has 0 saturated carbocycles. The van der Waals surface area contributed by atoms with Gasteiger partial charge in [-0.3, -0.25) is 19.2 Å². The van der Waals surface area contributed by atoms with E-state index in [1.54, 1.807) is 32.5 Å². The minimum Gasteiger partial charge on any atom is -0.480 e. The van der Waals surface area contributed by atoms with Crippen LogP contribution in [0.1, 0.15) is 53.4 Å². The monoisotopic (exact) mass is 489 g/mol. The molecule has 33 heavy (non-hydrogen) atoms. The van der Waals surface area contributed by atoms with Gasteiger partial charge in [0.15, 0.2) is 0 Å². The van der Waals surface area contributed by atoms with Crippen molar-refractivity contribution in [2.45, 2.75) is 77.5 Å². The molecule has 0 aromatic rings. The maximum atomic E-state index is 13.0. The number of amides is 4. The first-order valence-corrected chi connectivity index (χ1v) is 12.4. The van der Waals surface area contributed by atoms with Gasteiger partial charge < -0.3 is 32.5 Å². The second kappa shape index (κ2) is 15.5. The summed E-state index contributed by atoms with van der Waals surface area (Å²) in [7, 11) is 0. The summed E-state index contributed by atoms with van der Waals surface area (Å²) in [5.74, 6) is -4.12. The van der Waals surface area contributed by atoms with E-state index in [1.807, 2.05) is 13.2 Å². The number of primary amides is 1. The van der Waals surface area contributed by atoms with Crippen LogP contribution in [-0.2, 0) is 24.0 Å². The number of carboxylic acid groups (broad SMARTS) is 1. The summed E-state index contributed by atoms with van der Waals surface area (Å²) >= 11 is 1.54. The van der Waals surface area contributed by atoms with Crippen LogP contribution in [-0.4, -0.2) is 70.9 Å². The number of carbonyl (C=O) groups is 5. The second-order valence-corrected chi connectivity index (χ2v) is 9.19. The van der Waals surface area contributed by atoms with Crippen LogP contribution < -0.4 is 27.4 Å². The Kier molecular flexibility index (Phi) is 14.4. The maximum absolute atomic E-state index is 13.0. The van der Waals surface area contributed by atoms with E-state index in [2.05, 4.69) is 16.0 Å². The molecule has 0 aromatic carbocycles. The molecule has 0 aliphatic rings. The summed E-state index contributed by atoms with van der Waals surface area (Å²) in [6.07, 6.45) is 2.82. The molecule has 0 heterocycles. The third-order valence-corrected chi connectivity index (χ3v) is 6.22. The lowest BCUT2D eigenvalue weighted by Crippen LogP contribution is -2.59. The highest BCUT2D eigenvalue weighted by Gasteiger charge is 2.34. The van der Waals surface area contributed by atoms with Gasteiger partial charge in [-0.1, -0.05) is 40.5 Å². The largest absolute Gasteiger partial charge is 0.480 e. The number of nitrogens with two attached hydrogens (primary N) is 2. The zero-order chi connectivity index (χ0) is 25.7. The van der Waals surface area contributed by atoms with E-state index < -0.39 is 60.2 Å². The first-order valence-electron chi connectivity index (χ1n) is 11.1. The van der Waals surface area contributed by atoms with Crippen LogP contribution in [0.5, 0.6) is 0 Å². The Morgan fingerprint density at radius 1 is 0.879 bits per heavy atom. The van der Waals surface area contributed by atoms with Crippen LogP contribution in [0.2, 0.25) is 0 Å². The van der Waals surface area contributed by atoms with Gasteiger partial charge >= 0.3 is 5.97 Å². The van der Waals surface area contributed by atoms with Crippen LogP contribution in [0.4, 0.5) is 0 Å². The van der Waals surface area contributed by atoms with E-state index in [-0.39, 0.29) is 11.8 Å². The van der Waals surface area contributed by atoms with Gasteiger partial charge in [0.2, 0.25) is 23.6 Å². The van der Waals surface area contributed by atoms with Crippen molar-refractivity contribution in [3.8, 4) is 0 Å². The van der Waals surface area contributed by atoms with Crippen molar-refractivity contribution in [2.75, 3.05) is 12.0 Å². The lowest BCUT2D eigenvalue weighted by molar-refractivity contribution is -0.144. The molecule has 0 aliphatic carbocycles. The van der Waals surface area contributed by atoms with Gasteiger partial charge in [0.25, 0.3) is 0 Å². The third kappa shape index (κ3) is 10.9. The zero-order valence-corrected chi connectivity index (χ0v) is 20.9. The molecule has 8 N–H and O–H groups in total. The van der Waals surface area contributed by atoms with Gasteiger partial charge in [0.05, 0.1) is 12.5 Å². The fraction of sp³-hybridized carbons (Fsp3) is 0.762. The van der Waals surface area contributed by atoms with Crippen LogP contribution in [0.15, 0.2) is 0 Å². The van der Waals surface area contributed by atoms with E-state index in [9.17, 15) is 29.1 Å². The predicted octanol–water partition coefficient (Wildman–Crippen LogP) is -0.427. The standard InChI is InChI=1S/C21H39N5O6S/c1-6-11(3)16(25-18(28)13(22)8-9-33-5)20(30)24-14(10-15(23)27)19(29)26-17(21(31)32)12(4)7-2/h11-14,16-17H,6-10,22H2,1-5H3,(H2,23,27)(H,24,30)(H,25,28)(H,26,29)(H,31,32). The SMILES string of the molecule is CCC(C)C(NC(=O)C(CC(N)=O)NC(=O)C(NC(=O)C(N)CCSC)C(C)CC)C(=O)O. The van der Waals surface area contributed by atoms with E-state index >= 15 is 0 Å². The summed E-state index contributed by atoms with van der Waals surface area (Å²) < 4.78 is 0. The van der Waals surface area contributed by atoms with Gasteiger partial charge in [-0.15, -0.1) is 0 Å². The molecule has 0 radical (unpaired) electrons. The highest BCUT2D eigenvalue weighted by molar-refractivity contribution is 7.98. The molecular weight excluding hydrogens is 450 g/mol. The average molecular weight is 490 g/mol. The fourth-order valence-corrected chi connectivity index (χ4v) is 3.44. The van der Waals surface area contributed by atoms with Gasteiger partial charge in [-0.25, -0.2) is 4.79 Å². The Morgan fingerprint density at radius 2 is 1.39 bits per heavy atom. The Hall–Kier alpha value is -2.34. The number of aliphatic carboxylic acids is 1. The van der Waals surface area contributed by atoms with Crippen LogP contribution in [0, 0.1) is 11.8 Å². The van der Waals surface area contributed by atoms with E-state index in [0.29, 0.717) is 25.0 Å². The Morgan fingerprint density at radius 3 is 1.85 bits per heavy atom.